The highest BCUT2D eigenvalue weighted by Crippen LogP contribution is 2.30. The number of ketones is 1. The number of methoxy groups -OCH3 is 2. The highest BCUT2D eigenvalue weighted by atomic mass is 19.3. The molecular weight excluding hydrogens is 344 g/mol. The Morgan fingerprint density at radius 1 is 1.12 bits per heavy atom. The first-order chi connectivity index (χ1) is 12.5. The summed E-state index contributed by atoms with van der Waals surface area (Å²) in [4.78, 5) is 12.5. The van der Waals surface area contributed by atoms with E-state index in [9.17, 15) is 18.8 Å². The Morgan fingerprint density at radius 3 is 2.50 bits per heavy atom. The summed E-state index contributed by atoms with van der Waals surface area (Å²) in [6.45, 7) is -2.99. The van der Waals surface area contributed by atoms with E-state index in [0.29, 0.717) is 16.9 Å². The number of rotatable bonds is 7. The van der Waals surface area contributed by atoms with Crippen molar-refractivity contribution in [3.63, 3.8) is 0 Å². The first-order valence-corrected chi connectivity index (χ1v) is 7.42. The SMILES string of the molecule is COc1cccc(C(=O)/C(C#N)=C/c2ccc(OC(F)F)c(OC)c2)c1. The van der Waals surface area contributed by atoms with E-state index in [4.69, 9.17) is 9.47 Å². The molecule has 26 heavy (non-hydrogen) atoms. The highest BCUT2D eigenvalue weighted by molar-refractivity contribution is 6.14. The van der Waals surface area contributed by atoms with E-state index in [-0.39, 0.29) is 17.1 Å². The highest BCUT2D eigenvalue weighted by Gasteiger charge is 2.15. The molecule has 0 aliphatic carbocycles. The Morgan fingerprint density at radius 2 is 1.88 bits per heavy atom. The van der Waals surface area contributed by atoms with Crippen LogP contribution in [0.15, 0.2) is 48.0 Å². The molecule has 0 unspecified atom stereocenters. The van der Waals surface area contributed by atoms with E-state index in [2.05, 4.69) is 4.74 Å². The summed E-state index contributed by atoms with van der Waals surface area (Å²) in [6.07, 6.45) is 1.34. The molecule has 0 fully saturated rings. The van der Waals surface area contributed by atoms with Gasteiger partial charge in [-0.1, -0.05) is 18.2 Å². The Labute approximate surface area is 149 Å². The summed E-state index contributed by atoms with van der Waals surface area (Å²) in [6, 6.07) is 12.4. The number of nitriles is 1. The summed E-state index contributed by atoms with van der Waals surface area (Å²) in [5.74, 6) is -0.0796. The van der Waals surface area contributed by atoms with Gasteiger partial charge in [0.05, 0.1) is 14.2 Å². The van der Waals surface area contributed by atoms with Gasteiger partial charge in [-0.15, -0.1) is 0 Å². The minimum Gasteiger partial charge on any atom is -0.497 e. The Kier molecular flexibility index (Phi) is 6.28. The molecule has 0 aromatic heterocycles. The van der Waals surface area contributed by atoms with Crippen molar-refractivity contribution in [3.8, 4) is 23.3 Å². The molecule has 0 heterocycles. The minimum absolute atomic E-state index is 0.0603. The number of hydrogen-bond donors (Lipinski definition) is 0. The van der Waals surface area contributed by atoms with Crippen LogP contribution in [0.3, 0.4) is 0 Å². The fourth-order valence-corrected chi connectivity index (χ4v) is 2.20. The lowest BCUT2D eigenvalue weighted by molar-refractivity contribution is -0.0512. The molecule has 0 amide bonds. The van der Waals surface area contributed by atoms with Crippen LogP contribution < -0.4 is 14.2 Å². The molecule has 0 aliphatic rings. The molecule has 2 rings (SSSR count). The van der Waals surface area contributed by atoms with Crippen LogP contribution in [0.25, 0.3) is 6.08 Å². The molecule has 134 valence electrons. The Bertz CT molecular complexity index is 872. The number of allylic oxidation sites excluding steroid dienone is 1. The molecule has 2 aromatic rings. The van der Waals surface area contributed by atoms with E-state index in [1.807, 2.05) is 6.07 Å². The minimum atomic E-state index is -2.99. The van der Waals surface area contributed by atoms with Crippen LogP contribution in [-0.4, -0.2) is 26.6 Å². The summed E-state index contributed by atoms with van der Waals surface area (Å²) in [7, 11) is 2.77. The average Bonchev–Trinajstić information content (AvgIpc) is 2.66. The molecule has 7 heteroatoms. The van der Waals surface area contributed by atoms with Crippen molar-refractivity contribution < 1.29 is 27.8 Å². The van der Waals surface area contributed by atoms with Crippen LogP contribution in [0.5, 0.6) is 17.2 Å². The summed E-state index contributed by atoms with van der Waals surface area (Å²) < 4.78 is 39.2. The zero-order valence-corrected chi connectivity index (χ0v) is 14.0. The summed E-state index contributed by atoms with van der Waals surface area (Å²) >= 11 is 0. The van der Waals surface area contributed by atoms with Gasteiger partial charge in [-0.3, -0.25) is 4.79 Å². The average molecular weight is 359 g/mol. The van der Waals surface area contributed by atoms with Crippen LogP contribution in [-0.2, 0) is 0 Å². The number of alkyl halides is 2. The number of benzene rings is 2. The van der Waals surface area contributed by atoms with Crippen molar-refractivity contribution in [1.82, 2.24) is 0 Å². The second kappa shape index (κ2) is 8.62. The van der Waals surface area contributed by atoms with Crippen LogP contribution in [0.1, 0.15) is 15.9 Å². The number of carbonyl (C=O) groups is 1. The number of nitrogens with zero attached hydrogens (tertiary/aromatic N) is 1. The lowest BCUT2D eigenvalue weighted by atomic mass is 10.0. The zero-order valence-electron chi connectivity index (χ0n) is 14.0. The van der Waals surface area contributed by atoms with Crippen LogP contribution in [0, 0.1) is 11.3 Å². The van der Waals surface area contributed by atoms with Gasteiger partial charge in [0.1, 0.15) is 17.4 Å². The largest absolute Gasteiger partial charge is 0.497 e. The third-order valence-electron chi connectivity index (χ3n) is 3.41. The normalized spacial score (nSPS) is 11.0. The van der Waals surface area contributed by atoms with Gasteiger partial charge in [0.15, 0.2) is 11.5 Å². The maximum atomic E-state index is 12.5. The second-order valence-electron chi connectivity index (χ2n) is 5.02. The number of halogens is 2. The van der Waals surface area contributed by atoms with E-state index in [1.165, 1.54) is 44.6 Å². The van der Waals surface area contributed by atoms with Crippen molar-refractivity contribution in [2.75, 3.05) is 14.2 Å². The van der Waals surface area contributed by atoms with Crippen LogP contribution >= 0.6 is 0 Å². The standard InChI is InChI=1S/C19H15F2NO4/c1-24-15-5-3-4-13(10-15)18(23)14(11-22)8-12-6-7-16(26-19(20)21)17(9-12)25-2/h3-10,19H,1-2H3/b14-8+. The third kappa shape index (κ3) is 4.57. The first kappa shape index (κ1) is 18.9. The maximum absolute atomic E-state index is 12.5. The molecule has 0 spiro atoms. The van der Waals surface area contributed by atoms with Gasteiger partial charge in [-0.2, -0.15) is 14.0 Å². The Balaban J connectivity index is 2.36. The number of Topliss-reactive ketones (excluding diaryl/α,β-unsaturated/α-hetero) is 1. The van der Waals surface area contributed by atoms with Crippen LogP contribution in [0.4, 0.5) is 8.78 Å². The molecule has 0 radical (unpaired) electrons. The molecule has 0 saturated carbocycles. The molecule has 0 aliphatic heterocycles. The third-order valence-corrected chi connectivity index (χ3v) is 3.41. The lowest BCUT2D eigenvalue weighted by Crippen LogP contribution is -2.04. The molecule has 2 aromatic carbocycles. The van der Waals surface area contributed by atoms with Crippen molar-refractivity contribution in [3.05, 3.63) is 59.2 Å². The molecule has 5 nitrogen and oxygen atoms in total. The second-order valence-corrected chi connectivity index (χ2v) is 5.02. The summed E-state index contributed by atoms with van der Waals surface area (Å²) in [5.41, 5.74) is 0.598. The molecular formula is C19H15F2NO4. The quantitative estimate of drug-likeness (QED) is 0.423. The number of hydrogen-bond acceptors (Lipinski definition) is 5. The van der Waals surface area contributed by atoms with Gasteiger partial charge < -0.3 is 14.2 Å². The Hall–Kier alpha value is -3.40. The monoisotopic (exact) mass is 359 g/mol. The predicted octanol–water partition coefficient (Wildman–Crippen LogP) is 4.10. The van der Waals surface area contributed by atoms with Gasteiger partial charge in [-0.05, 0) is 35.9 Å². The van der Waals surface area contributed by atoms with E-state index in [1.54, 1.807) is 18.2 Å². The topological polar surface area (TPSA) is 68.6 Å². The number of carbonyl (C=O) groups excluding carboxylic acids is 1. The smallest absolute Gasteiger partial charge is 0.387 e. The van der Waals surface area contributed by atoms with Crippen molar-refractivity contribution in [1.29, 1.82) is 5.26 Å². The van der Waals surface area contributed by atoms with E-state index < -0.39 is 12.4 Å². The van der Waals surface area contributed by atoms with Crippen molar-refractivity contribution >= 4 is 11.9 Å². The number of ether oxygens (including phenoxy) is 3. The molecule has 0 N–H and O–H groups in total. The summed E-state index contributed by atoms with van der Waals surface area (Å²) in [5, 5.41) is 9.32. The maximum Gasteiger partial charge on any atom is 0.387 e. The van der Waals surface area contributed by atoms with Gasteiger partial charge in [0, 0.05) is 5.56 Å². The van der Waals surface area contributed by atoms with Gasteiger partial charge in [0.2, 0.25) is 5.78 Å². The fourth-order valence-electron chi connectivity index (χ4n) is 2.20. The molecule has 0 bridgehead atoms. The molecule has 0 saturated heterocycles. The van der Waals surface area contributed by atoms with Crippen molar-refractivity contribution in [2.24, 2.45) is 0 Å². The van der Waals surface area contributed by atoms with Gasteiger partial charge >= 0.3 is 6.61 Å². The van der Waals surface area contributed by atoms with Gasteiger partial charge in [0.25, 0.3) is 0 Å². The first-order valence-electron chi connectivity index (χ1n) is 7.42. The van der Waals surface area contributed by atoms with E-state index in [0.717, 1.165) is 0 Å². The van der Waals surface area contributed by atoms with Crippen molar-refractivity contribution in [2.45, 2.75) is 6.61 Å². The predicted molar refractivity (Wildman–Crippen MR) is 90.5 cm³/mol. The van der Waals surface area contributed by atoms with Gasteiger partial charge in [-0.25, -0.2) is 0 Å². The fraction of sp³-hybridized carbons (Fsp3) is 0.158. The molecule has 0 atom stereocenters. The van der Waals surface area contributed by atoms with E-state index >= 15 is 0 Å². The lowest BCUT2D eigenvalue weighted by Gasteiger charge is -2.10. The van der Waals surface area contributed by atoms with Crippen LogP contribution in [0.2, 0.25) is 0 Å². The zero-order chi connectivity index (χ0) is 19.1.